The molecule has 0 spiro atoms. The van der Waals surface area contributed by atoms with E-state index in [0.29, 0.717) is 0 Å². The van der Waals surface area contributed by atoms with Crippen molar-refractivity contribution < 1.29 is 18.0 Å². The monoisotopic (exact) mass is 691 g/mol. The maximum atomic E-state index is 14.6. The van der Waals surface area contributed by atoms with Crippen molar-refractivity contribution in [2.24, 2.45) is 0 Å². The largest absolute Gasteiger partial charge is 0.352 e. The van der Waals surface area contributed by atoms with Crippen LogP contribution in [0.15, 0.2) is 102 Å². The number of amides is 2. The Morgan fingerprint density at radius 2 is 1.43 bits per heavy atom. The maximum absolute atomic E-state index is 14.6. The predicted molar refractivity (Wildman–Crippen MR) is 188 cm³/mol. The van der Waals surface area contributed by atoms with E-state index in [1.807, 2.05) is 68.4 Å². The van der Waals surface area contributed by atoms with Crippen molar-refractivity contribution in [1.29, 1.82) is 0 Å². The van der Waals surface area contributed by atoms with Crippen molar-refractivity contribution in [3.05, 3.63) is 129 Å². The van der Waals surface area contributed by atoms with E-state index in [2.05, 4.69) is 5.32 Å². The van der Waals surface area contributed by atoms with Crippen LogP contribution in [0.3, 0.4) is 0 Å². The summed E-state index contributed by atoms with van der Waals surface area (Å²) in [6.45, 7) is 3.38. The highest BCUT2D eigenvalue weighted by Gasteiger charge is 2.35. The highest BCUT2D eigenvalue weighted by molar-refractivity contribution is 7.92. The molecule has 5 rings (SSSR count). The normalized spacial score (nSPS) is 14.0. The first-order valence-electron chi connectivity index (χ1n) is 15.7. The summed E-state index contributed by atoms with van der Waals surface area (Å²) in [5.41, 5.74) is 3.83. The molecule has 7 nitrogen and oxygen atoms in total. The molecule has 1 N–H and O–H groups in total. The summed E-state index contributed by atoms with van der Waals surface area (Å²) >= 11 is 12.6. The van der Waals surface area contributed by atoms with Gasteiger partial charge in [-0.15, -0.1) is 0 Å². The van der Waals surface area contributed by atoms with Gasteiger partial charge in [0.2, 0.25) is 11.8 Å². The molecule has 4 aromatic rings. The molecule has 0 unspecified atom stereocenters. The Balaban J connectivity index is 1.57. The van der Waals surface area contributed by atoms with Crippen molar-refractivity contribution in [3.8, 4) is 0 Å². The lowest BCUT2D eigenvalue weighted by Crippen LogP contribution is -2.54. The van der Waals surface area contributed by atoms with Crippen LogP contribution >= 0.6 is 23.2 Å². The molecule has 0 saturated heterocycles. The molecular formula is C37H39Cl2N3O4S. The van der Waals surface area contributed by atoms with Crippen LogP contribution in [0.2, 0.25) is 10.0 Å². The Kier molecular flexibility index (Phi) is 11.3. The quantitative estimate of drug-likeness (QED) is 0.167. The molecule has 0 aromatic heterocycles. The first-order valence-corrected chi connectivity index (χ1v) is 17.9. The lowest BCUT2D eigenvalue weighted by Gasteiger charge is -2.34. The molecule has 1 fully saturated rings. The molecule has 0 bridgehead atoms. The molecule has 2 amide bonds. The van der Waals surface area contributed by atoms with Crippen LogP contribution in [0, 0.1) is 13.8 Å². The van der Waals surface area contributed by atoms with Crippen molar-refractivity contribution >= 4 is 50.7 Å². The number of hydrogen-bond donors (Lipinski definition) is 1. The van der Waals surface area contributed by atoms with E-state index in [1.165, 1.54) is 35.2 Å². The van der Waals surface area contributed by atoms with E-state index in [4.69, 9.17) is 23.2 Å². The molecule has 10 heteroatoms. The fourth-order valence-electron chi connectivity index (χ4n) is 5.82. The van der Waals surface area contributed by atoms with Gasteiger partial charge in [-0.05, 0) is 68.1 Å². The highest BCUT2D eigenvalue weighted by atomic mass is 35.5. The molecule has 1 atom stereocenters. The Morgan fingerprint density at radius 3 is 2.04 bits per heavy atom. The van der Waals surface area contributed by atoms with E-state index >= 15 is 0 Å². The summed E-state index contributed by atoms with van der Waals surface area (Å²) in [6.07, 6.45) is 4.10. The number of nitrogens with one attached hydrogen (secondary N) is 1. The smallest absolute Gasteiger partial charge is 0.264 e. The van der Waals surface area contributed by atoms with E-state index < -0.39 is 28.5 Å². The predicted octanol–water partition coefficient (Wildman–Crippen LogP) is 7.50. The van der Waals surface area contributed by atoms with Gasteiger partial charge in [0.05, 0.1) is 20.6 Å². The van der Waals surface area contributed by atoms with Crippen molar-refractivity contribution in [2.75, 3.05) is 10.8 Å². The topological polar surface area (TPSA) is 86.8 Å². The number of rotatable bonds is 12. The van der Waals surface area contributed by atoms with Crippen molar-refractivity contribution in [2.45, 2.75) is 69.5 Å². The number of carbonyl (C=O) groups excluding carboxylic acids is 2. The Labute approximate surface area is 287 Å². The molecule has 246 valence electrons. The molecule has 4 aromatic carbocycles. The van der Waals surface area contributed by atoms with Gasteiger partial charge in [0.15, 0.2) is 0 Å². The molecule has 47 heavy (non-hydrogen) atoms. The number of sulfonamides is 1. The fourth-order valence-corrected chi connectivity index (χ4v) is 7.52. The summed E-state index contributed by atoms with van der Waals surface area (Å²) in [6, 6.07) is 27.3. The third-order valence-corrected chi connectivity index (χ3v) is 11.1. The van der Waals surface area contributed by atoms with E-state index in [9.17, 15) is 18.0 Å². The third kappa shape index (κ3) is 8.74. The summed E-state index contributed by atoms with van der Waals surface area (Å²) in [7, 11) is -4.25. The van der Waals surface area contributed by atoms with Crippen LogP contribution < -0.4 is 9.62 Å². The van der Waals surface area contributed by atoms with Gasteiger partial charge >= 0.3 is 0 Å². The summed E-state index contributed by atoms with van der Waals surface area (Å²) < 4.78 is 29.5. The third-order valence-electron chi connectivity index (χ3n) is 8.53. The van der Waals surface area contributed by atoms with Gasteiger partial charge in [-0.1, -0.05) is 114 Å². The van der Waals surface area contributed by atoms with Gasteiger partial charge in [-0.25, -0.2) is 8.42 Å². The minimum atomic E-state index is -4.25. The molecule has 1 aliphatic rings. The SMILES string of the molecule is Cc1ccc(CN(C(=O)CN(c2ccc(Cl)c(Cl)c2)S(=O)(=O)c2ccc(C)cc2)[C@@H](Cc2ccccc2)C(=O)NC2CCCC2)cc1. The average molecular weight is 693 g/mol. The minimum Gasteiger partial charge on any atom is -0.352 e. The molecule has 0 radical (unpaired) electrons. The summed E-state index contributed by atoms with van der Waals surface area (Å²) in [5.74, 6) is -0.793. The first kappa shape index (κ1) is 34.5. The van der Waals surface area contributed by atoms with Crippen LogP contribution in [0.25, 0.3) is 0 Å². The molecule has 0 heterocycles. The van der Waals surface area contributed by atoms with Gasteiger partial charge in [0, 0.05) is 19.0 Å². The van der Waals surface area contributed by atoms with Crippen LogP contribution in [0.4, 0.5) is 5.69 Å². The van der Waals surface area contributed by atoms with E-state index in [1.54, 1.807) is 12.1 Å². The molecular weight excluding hydrogens is 653 g/mol. The van der Waals surface area contributed by atoms with Gasteiger partial charge in [-0.2, -0.15) is 0 Å². The molecule has 1 saturated carbocycles. The highest BCUT2D eigenvalue weighted by Crippen LogP contribution is 2.31. The lowest BCUT2D eigenvalue weighted by molar-refractivity contribution is -0.140. The van der Waals surface area contributed by atoms with E-state index in [-0.39, 0.29) is 45.5 Å². The van der Waals surface area contributed by atoms with Gasteiger partial charge in [0.25, 0.3) is 10.0 Å². The van der Waals surface area contributed by atoms with Crippen LogP contribution in [0.1, 0.15) is 47.9 Å². The average Bonchev–Trinajstić information content (AvgIpc) is 3.57. The van der Waals surface area contributed by atoms with Crippen LogP contribution in [0.5, 0.6) is 0 Å². The van der Waals surface area contributed by atoms with Crippen LogP contribution in [-0.2, 0) is 32.6 Å². The number of anilines is 1. The minimum absolute atomic E-state index is 0.0202. The zero-order valence-electron chi connectivity index (χ0n) is 26.5. The fraction of sp³-hybridized carbons (Fsp3) is 0.297. The van der Waals surface area contributed by atoms with Crippen molar-refractivity contribution in [1.82, 2.24) is 10.2 Å². The second-order valence-corrected chi connectivity index (χ2v) is 14.8. The zero-order valence-corrected chi connectivity index (χ0v) is 28.9. The second kappa shape index (κ2) is 15.4. The summed E-state index contributed by atoms with van der Waals surface area (Å²) in [4.78, 5) is 30.3. The number of aryl methyl sites for hydroxylation is 2. The Bertz CT molecular complexity index is 1790. The maximum Gasteiger partial charge on any atom is 0.264 e. The standard InChI is InChI=1S/C37H39Cl2N3O4S/c1-26-12-16-29(17-13-26)24-41(35(22-28-8-4-3-5-9-28)37(44)40-30-10-6-7-11-30)36(43)25-42(31-18-21-33(38)34(39)23-31)47(45,46)32-19-14-27(2)15-20-32/h3-5,8-9,12-21,23,30,35H,6-7,10-11,22,24-25H2,1-2H3,(H,40,44)/t35-/m0/s1. The number of benzene rings is 4. The molecule has 1 aliphatic carbocycles. The lowest BCUT2D eigenvalue weighted by atomic mass is 10.0. The Morgan fingerprint density at radius 1 is 0.809 bits per heavy atom. The Hall–Kier alpha value is -3.85. The number of halogens is 2. The second-order valence-electron chi connectivity index (χ2n) is 12.1. The summed E-state index contributed by atoms with van der Waals surface area (Å²) in [5, 5.41) is 3.59. The van der Waals surface area contributed by atoms with Gasteiger partial charge < -0.3 is 10.2 Å². The van der Waals surface area contributed by atoms with Gasteiger partial charge in [0.1, 0.15) is 12.6 Å². The first-order chi connectivity index (χ1) is 22.5. The zero-order chi connectivity index (χ0) is 33.6. The molecule has 0 aliphatic heterocycles. The van der Waals surface area contributed by atoms with E-state index in [0.717, 1.165) is 52.2 Å². The van der Waals surface area contributed by atoms with Crippen LogP contribution in [-0.4, -0.2) is 43.8 Å². The number of nitrogens with zero attached hydrogens (tertiary/aromatic N) is 2. The van der Waals surface area contributed by atoms with Crippen molar-refractivity contribution in [3.63, 3.8) is 0 Å². The number of carbonyl (C=O) groups is 2. The number of hydrogen-bond acceptors (Lipinski definition) is 4. The van der Waals surface area contributed by atoms with Gasteiger partial charge in [-0.3, -0.25) is 13.9 Å².